The SMILES string of the molecule is NC(=O)c1cccc(-c2ccccc2)c1.O=S(=O)(O)O. The molecule has 2 aromatic carbocycles. The summed E-state index contributed by atoms with van der Waals surface area (Å²) < 4.78 is 31.6. The molecule has 0 unspecified atom stereocenters. The maximum atomic E-state index is 11.0. The number of carbonyl (C=O) groups excluding carboxylic acids is 1. The van der Waals surface area contributed by atoms with Crippen LogP contribution in [0.1, 0.15) is 10.4 Å². The van der Waals surface area contributed by atoms with Gasteiger partial charge in [-0.1, -0.05) is 42.5 Å². The number of hydrogen-bond acceptors (Lipinski definition) is 3. The second-order valence-corrected chi connectivity index (χ2v) is 4.65. The summed E-state index contributed by atoms with van der Waals surface area (Å²) in [5.41, 5.74) is 7.85. The van der Waals surface area contributed by atoms with Gasteiger partial charge in [0.2, 0.25) is 5.91 Å². The molecule has 0 atom stereocenters. The van der Waals surface area contributed by atoms with Crippen LogP contribution in [0.2, 0.25) is 0 Å². The van der Waals surface area contributed by atoms with E-state index < -0.39 is 16.3 Å². The zero-order valence-electron chi connectivity index (χ0n) is 10.3. The quantitative estimate of drug-likeness (QED) is 0.730. The summed E-state index contributed by atoms with van der Waals surface area (Å²) in [6.45, 7) is 0. The number of amides is 1. The van der Waals surface area contributed by atoms with Gasteiger partial charge in [0.1, 0.15) is 0 Å². The molecule has 0 fully saturated rings. The lowest BCUT2D eigenvalue weighted by Crippen LogP contribution is -2.10. The van der Waals surface area contributed by atoms with Crippen LogP contribution < -0.4 is 5.73 Å². The second-order valence-electron chi connectivity index (χ2n) is 3.76. The highest BCUT2D eigenvalue weighted by molar-refractivity contribution is 7.79. The Morgan fingerprint density at radius 1 is 0.900 bits per heavy atom. The first-order valence-electron chi connectivity index (χ1n) is 5.42. The molecule has 6 nitrogen and oxygen atoms in total. The van der Waals surface area contributed by atoms with Gasteiger partial charge in [0.25, 0.3) is 0 Å². The van der Waals surface area contributed by atoms with Crippen molar-refractivity contribution < 1.29 is 22.3 Å². The van der Waals surface area contributed by atoms with Crippen LogP contribution in [0.5, 0.6) is 0 Å². The van der Waals surface area contributed by atoms with Crippen molar-refractivity contribution in [3.05, 3.63) is 60.2 Å². The van der Waals surface area contributed by atoms with Gasteiger partial charge in [-0.3, -0.25) is 13.9 Å². The first-order valence-corrected chi connectivity index (χ1v) is 6.82. The highest BCUT2D eigenvalue weighted by Crippen LogP contribution is 2.19. The Kier molecular flexibility index (Phi) is 5.39. The standard InChI is InChI=1S/C13H11NO.H2O4S/c14-13(15)12-8-4-7-11(9-12)10-5-2-1-3-6-10;1-5(2,3)4/h1-9H,(H2,14,15);(H2,1,2,3,4). The number of carbonyl (C=O) groups is 1. The van der Waals surface area contributed by atoms with E-state index in [2.05, 4.69) is 0 Å². The topological polar surface area (TPSA) is 118 Å². The average molecular weight is 295 g/mol. The van der Waals surface area contributed by atoms with Gasteiger partial charge in [0, 0.05) is 5.56 Å². The minimum atomic E-state index is -4.67. The van der Waals surface area contributed by atoms with Gasteiger partial charge in [-0.25, -0.2) is 0 Å². The fourth-order valence-corrected chi connectivity index (χ4v) is 1.48. The van der Waals surface area contributed by atoms with Crippen molar-refractivity contribution in [2.75, 3.05) is 0 Å². The monoisotopic (exact) mass is 295 g/mol. The molecular formula is C13H13NO5S. The fraction of sp³-hybridized carbons (Fsp3) is 0. The molecule has 106 valence electrons. The molecule has 7 heteroatoms. The van der Waals surface area contributed by atoms with Gasteiger partial charge < -0.3 is 5.73 Å². The Bertz CT molecular complexity index is 675. The van der Waals surface area contributed by atoms with E-state index in [1.165, 1.54) is 0 Å². The molecule has 0 radical (unpaired) electrons. The molecule has 4 N–H and O–H groups in total. The first-order chi connectivity index (χ1) is 9.27. The van der Waals surface area contributed by atoms with E-state index in [1.807, 2.05) is 42.5 Å². The summed E-state index contributed by atoms with van der Waals surface area (Å²) in [7, 11) is -4.67. The van der Waals surface area contributed by atoms with Crippen molar-refractivity contribution in [2.24, 2.45) is 5.73 Å². The number of hydrogen-bond donors (Lipinski definition) is 3. The summed E-state index contributed by atoms with van der Waals surface area (Å²) in [4.78, 5) is 11.0. The van der Waals surface area contributed by atoms with E-state index in [0.717, 1.165) is 11.1 Å². The predicted octanol–water partition coefficient (Wildman–Crippen LogP) is 1.80. The molecule has 0 bridgehead atoms. The Labute approximate surface area is 116 Å². The van der Waals surface area contributed by atoms with Crippen LogP contribution in [0.4, 0.5) is 0 Å². The summed E-state index contributed by atoms with van der Waals surface area (Å²) in [5.74, 6) is -0.396. The highest BCUT2D eigenvalue weighted by Gasteiger charge is 2.02. The molecule has 2 aromatic rings. The number of nitrogens with two attached hydrogens (primary N) is 1. The molecule has 0 heterocycles. The molecule has 20 heavy (non-hydrogen) atoms. The summed E-state index contributed by atoms with van der Waals surface area (Å²) in [6, 6.07) is 17.2. The van der Waals surface area contributed by atoms with Crippen LogP contribution in [-0.2, 0) is 10.4 Å². The maximum absolute atomic E-state index is 11.0. The Balaban J connectivity index is 0.000000347. The van der Waals surface area contributed by atoms with Crippen molar-refractivity contribution in [1.29, 1.82) is 0 Å². The van der Waals surface area contributed by atoms with Gasteiger partial charge in [-0.15, -0.1) is 0 Å². The maximum Gasteiger partial charge on any atom is 0.394 e. The van der Waals surface area contributed by atoms with E-state index in [4.69, 9.17) is 23.3 Å². The normalized spacial score (nSPS) is 10.3. The third kappa shape index (κ3) is 6.10. The molecule has 0 saturated carbocycles. The fourth-order valence-electron chi connectivity index (χ4n) is 1.48. The van der Waals surface area contributed by atoms with Crippen LogP contribution in [0, 0.1) is 0 Å². The van der Waals surface area contributed by atoms with Crippen LogP contribution in [0.25, 0.3) is 11.1 Å². The Hall–Kier alpha value is -2.22. The smallest absolute Gasteiger partial charge is 0.366 e. The number of benzene rings is 2. The van der Waals surface area contributed by atoms with E-state index in [-0.39, 0.29) is 0 Å². The van der Waals surface area contributed by atoms with Crippen LogP contribution in [0.15, 0.2) is 54.6 Å². The summed E-state index contributed by atoms with van der Waals surface area (Å²) >= 11 is 0. The van der Waals surface area contributed by atoms with Gasteiger partial charge >= 0.3 is 10.4 Å². The molecule has 0 aromatic heterocycles. The summed E-state index contributed by atoms with van der Waals surface area (Å²) in [6.07, 6.45) is 0. The van der Waals surface area contributed by atoms with Crippen molar-refractivity contribution in [1.82, 2.24) is 0 Å². The van der Waals surface area contributed by atoms with Gasteiger partial charge in [0.15, 0.2) is 0 Å². The van der Waals surface area contributed by atoms with Crippen molar-refractivity contribution >= 4 is 16.3 Å². The lowest BCUT2D eigenvalue weighted by atomic mass is 10.0. The largest absolute Gasteiger partial charge is 0.394 e. The molecule has 1 amide bonds. The van der Waals surface area contributed by atoms with Crippen LogP contribution in [0.3, 0.4) is 0 Å². The molecule has 0 aliphatic carbocycles. The van der Waals surface area contributed by atoms with Gasteiger partial charge in [-0.05, 0) is 23.3 Å². The summed E-state index contributed by atoms with van der Waals surface area (Å²) in [5, 5.41) is 0. The zero-order chi connectivity index (χ0) is 15.2. The Morgan fingerprint density at radius 2 is 1.40 bits per heavy atom. The second kappa shape index (κ2) is 6.80. The van der Waals surface area contributed by atoms with Crippen LogP contribution >= 0.6 is 0 Å². The molecule has 0 aliphatic rings. The Morgan fingerprint density at radius 3 is 1.90 bits per heavy atom. The highest BCUT2D eigenvalue weighted by atomic mass is 32.3. The first kappa shape index (κ1) is 15.8. The van der Waals surface area contributed by atoms with E-state index in [9.17, 15) is 4.79 Å². The van der Waals surface area contributed by atoms with Gasteiger partial charge in [-0.2, -0.15) is 8.42 Å². The van der Waals surface area contributed by atoms with Crippen LogP contribution in [-0.4, -0.2) is 23.4 Å². The molecule has 0 saturated heterocycles. The number of primary amides is 1. The van der Waals surface area contributed by atoms with E-state index in [0.29, 0.717) is 5.56 Å². The average Bonchev–Trinajstić information content (AvgIpc) is 2.38. The van der Waals surface area contributed by atoms with Crippen molar-refractivity contribution in [3.8, 4) is 11.1 Å². The molecular weight excluding hydrogens is 282 g/mol. The molecule has 0 spiro atoms. The van der Waals surface area contributed by atoms with Crippen molar-refractivity contribution in [2.45, 2.75) is 0 Å². The zero-order valence-corrected chi connectivity index (χ0v) is 11.1. The van der Waals surface area contributed by atoms with E-state index in [1.54, 1.807) is 12.1 Å². The lowest BCUT2D eigenvalue weighted by Gasteiger charge is -2.02. The minimum Gasteiger partial charge on any atom is -0.366 e. The predicted molar refractivity (Wildman–Crippen MR) is 74.6 cm³/mol. The lowest BCUT2D eigenvalue weighted by molar-refractivity contribution is 0.100. The van der Waals surface area contributed by atoms with Gasteiger partial charge in [0.05, 0.1) is 0 Å². The minimum absolute atomic E-state index is 0.396. The van der Waals surface area contributed by atoms with Crippen molar-refractivity contribution in [3.63, 3.8) is 0 Å². The third-order valence-corrected chi connectivity index (χ3v) is 2.25. The molecule has 2 rings (SSSR count). The van der Waals surface area contributed by atoms with E-state index >= 15 is 0 Å². The molecule has 0 aliphatic heterocycles. The third-order valence-electron chi connectivity index (χ3n) is 2.25. The number of rotatable bonds is 2.